The third kappa shape index (κ3) is 3.07. The van der Waals surface area contributed by atoms with Crippen LogP contribution in [0.4, 0.5) is 4.79 Å². The van der Waals surface area contributed by atoms with E-state index in [1.165, 1.54) is 0 Å². The van der Waals surface area contributed by atoms with E-state index in [9.17, 15) is 4.79 Å². The second kappa shape index (κ2) is 6.76. The first-order valence-electron chi connectivity index (χ1n) is 8.84. The highest BCUT2D eigenvalue weighted by atomic mass is 16.5. The van der Waals surface area contributed by atoms with Crippen molar-refractivity contribution in [1.82, 2.24) is 15.5 Å². The molecule has 2 aliphatic rings. The van der Waals surface area contributed by atoms with Crippen molar-refractivity contribution in [3.63, 3.8) is 0 Å². The van der Waals surface area contributed by atoms with E-state index in [2.05, 4.69) is 22.8 Å². The summed E-state index contributed by atoms with van der Waals surface area (Å²) in [4.78, 5) is 13.9. The van der Waals surface area contributed by atoms with Gasteiger partial charge >= 0.3 is 6.03 Å². The van der Waals surface area contributed by atoms with E-state index < -0.39 is 0 Å². The molecule has 1 unspecified atom stereocenters. The van der Waals surface area contributed by atoms with Crippen LogP contribution in [0, 0.1) is 0 Å². The van der Waals surface area contributed by atoms with Crippen molar-refractivity contribution in [1.29, 1.82) is 0 Å². The molecule has 2 aromatic carbocycles. The molecule has 0 spiro atoms. The zero-order valence-electron chi connectivity index (χ0n) is 14.4. The van der Waals surface area contributed by atoms with Gasteiger partial charge in [0.25, 0.3) is 0 Å². The molecule has 25 heavy (non-hydrogen) atoms. The highest BCUT2D eigenvalue weighted by Crippen LogP contribution is 2.42. The normalized spacial score (nSPS) is 19.6. The molecule has 0 aromatic heterocycles. The molecule has 0 aliphatic carbocycles. The fourth-order valence-electron chi connectivity index (χ4n) is 3.78. The van der Waals surface area contributed by atoms with Gasteiger partial charge in [0.05, 0.1) is 6.04 Å². The summed E-state index contributed by atoms with van der Waals surface area (Å²) < 4.78 is 6.06. The van der Waals surface area contributed by atoms with Gasteiger partial charge in [0.1, 0.15) is 11.5 Å². The van der Waals surface area contributed by atoms with Crippen LogP contribution in [0.3, 0.4) is 0 Å². The number of rotatable bonds is 2. The van der Waals surface area contributed by atoms with Gasteiger partial charge in [-0.3, -0.25) is 0 Å². The maximum atomic E-state index is 12.0. The number of benzene rings is 2. The van der Waals surface area contributed by atoms with Crippen LogP contribution in [0.25, 0.3) is 0 Å². The van der Waals surface area contributed by atoms with Crippen LogP contribution in [0.2, 0.25) is 0 Å². The molecule has 0 radical (unpaired) electrons. The molecule has 1 saturated heterocycles. The Kier molecular flexibility index (Phi) is 4.32. The lowest BCUT2D eigenvalue weighted by Crippen LogP contribution is -2.51. The van der Waals surface area contributed by atoms with Crippen molar-refractivity contribution in [3.8, 4) is 11.5 Å². The van der Waals surface area contributed by atoms with Crippen LogP contribution < -0.4 is 15.4 Å². The first-order valence-corrected chi connectivity index (χ1v) is 8.84. The minimum Gasteiger partial charge on any atom is -0.457 e. The number of piperidine rings is 1. The highest BCUT2D eigenvalue weighted by Gasteiger charge is 2.31. The van der Waals surface area contributed by atoms with Crippen molar-refractivity contribution >= 4 is 6.03 Å². The number of hydrogen-bond acceptors (Lipinski definition) is 3. The Morgan fingerprint density at radius 1 is 1.08 bits per heavy atom. The molecule has 2 heterocycles. The number of fused-ring (bicyclic) bond motifs is 2. The van der Waals surface area contributed by atoms with Crippen LogP contribution in [-0.4, -0.2) is 37.1 Å². The SMILES string of the molecule is CNC(=O)N1CCCC(NC2c3ccccc3Oc3ccccc32)C1. The number of ether oxygens (including phenoxy) is 1. The highest BCUT2D eigenvalue weighted by molar-refractivity contribution is 5.73. The summed E-state index contributed by atoms with van der Waals surface area (Å²) in [6.07, 6.45) is 2.08. The zero-order valence-corrected chi connectivity index (χ0v) is 14.4. The maximum absolute atomic E-state index is 12.0. The van der Waals surface area contributed by atoms with E-state index in [0.29, 0.717) is 0 Å². The fourth-order valence-corrected chi connectivity index (χ4v) is 3.78. The van der Waals surface area contributed by atoms with Crippen molar-refractivity contribution in [2.75, 3.05) is 20.1 Å². The van der Waals surface area contributed by atoms with Gasteiger partial charge in [0.2, 0.25) is 0 Å². The van der Waals surface area contributed by atoms with Gasteiger partial charge in [-0.05, 0) is 25.0 Å². The summed E-state index contributed by atoms with van der Waals surface area (Å²) in [5.41, 5.74) is 2.30. The molecule has 2 N–H and O–H groups in total. The maximum Gasteiger partial charge on any atom is 0.317 e. The van der Waals surface area contributed by atoms with Crippen LogP contribution in [-0.2, 0) is 0 Å². The van der Waals surface area contributed by atoms with Crippen LogP contribution in [0.15, 0.2) is 48.5 Å². The van der Waals surface area contributed by atoms with Crippen molar-refractivity contribution < 1.29 is 9.53 Å². The fraction of sp³-hybridized carbons (Fsp3) is 0.350. The molecule has 4 rings (SSSR count). The Balaban J connectivity index is 1.61. The Labute approximate surface area is 148 Å². The smallest absolute Gasteiger partial charge is 0.317 e. The Bertz CT molecular complexity index is 732. The minimum atomic E-state index is -0.000669. The molecular weight excluding hydrogens is 314 g/mol. The summed E-state index contributed by atoms with van der Waals surface area (Å²) in [6.45, 7) is 1.54. The lowest BCUT2D eigenvalue weighted by molar-refractivity contribution is 0.172. The average Bonchev–Trinajstić information content (AvgIpc) is 2.67. The molecule has 1 fully saturated rings. The molecule has 2 amide bonds. The van der Waals surface area contributed by atoms with E-state index in [0.717, 1.165) is 48.6 Å². The molecule has 130 valence electrons. The van der Waals surface area contributed by atoms with E-state index in [-0.39, 0.29) is 18.1 Å². The van der Waals surface area contributed by atoms with E-state index in [1.54, 1.807) is 7.05 Å². The van der Waals surface area contributed by atoms with Crippen molar-refractivity contribution in [2.45, 2.75) is 24.9 Å². The quantitative estimate of drug-likeness (QED) is 0.884. The lowest BCUT2D eigenvalue weighted by Gasteiger charge is -2.37. The largest absolute Gasteiger partial charge is 0.457 e. The van der Waals surface area contributed by atoms with Crippen LogP contribution in [0.1, 0.15) is 30.0 Å². The summed E-state index contributed by atoms with van der Waals surface area (Å²) in [6, 6.07) is 16.7. The second-order valence-electron chi connectivity index (χ2n) is 6.62. The molecule has 5 nitrogen and oxygen atoms in total. The molecule has 2 aliphatic heterocycles. The molecule has 0 saturated carbocycles. The zero-order chi connectivity index (χ0) is 17.2. The van der Waals surface area contributed by atoms with Gasteiger partial charge in [0, 0.05) is 37.3 Å². The Hall–Kier alpha value is -2.53. The van der Waals surface area contributed by atoms with Crippen LogP contribution in [0.5, 0.6) is 11.5 Å². The van der Waals surface area contributed by atoms with Gasteiger partial charge in [-0.2, -0.15) is 0 Å². The predicted molar refractivity (Wildman–Crippen MR) is 97.0 cm³/mol. The summed E-state index contributed by atoms with van der Waals surface area (Å²) in [5, 5.41) is 6.51. The first kappa shape index (κ1) is 16.0. The Morgan fingerprint density at radius 2 is 1.72 bits per heavy atom. The summed E-state index contributed by atoms with van der Waals surface area (Å²) in [5.74, 6) is 1.80. The van der Waals surface area contributed by atoms with Gasteiger partial charge in [0.15, 0.2) is 0 Å². The standard InChI is InChI=1S/C20H23N3O2/c1-21-20(24)23-12-6-7-14(13-23)22-19-15-8-2-4-10-17(15)25-18-11-5-3-9-16(18)19/h2-5,8-11,14,19,22H,6-7,12-13H2,1H3,(H,21,24). The topological polar surface area (TPSA) is 53.6 Å². The number of carbonyl (C=O) groups excluding carboxylic acids is 1. The average molecular weight is 337 g/mol. The first-order chi connectivity index (χ1) is 12.3. The Morgan fingerprint density at radius 3 is 2.36 bits per heavy atom. The molecular formula is C20H23N3O2. The van der Waals surface area contributed by atoms with Gasteiger partial charge < -0.3 is 20.3 Å². The number of likely N-dealkylation sites (tertiary alicyclic amines) is 1. The lowest BCUT2D eigenvalue weighted by atomic mass is 9.93. The number of para-hydroxylation sites is 2. The van der Waals surface area contributed by atoms with E-state index in [1.807, 2.05) is 41.3 Å². The number of hydrogen-bond donors (Lipinski definition) is 2. The number of nitrogens with zero attached hydrogens (tertiary/aromatic N) is 1. The predicted octanol–water partition coefficient (Wildman–Crippen LogP) is 3.28. The number of nitrogens with one attached hydrogen (secondary N) is 2. The summed E-state index contributed by atoms with van der Waals surface area (Å²) in [7, 11) is 1.68. The van der Waals surface area contributed by atoms with E-state index >= 15 is 0 Å². The number of urea groups is 1. The van der Waals surface area contributed by atoms with Gasteiger partial charge in [-0.25, -0.2) is 4.79 Å². The number of carbonyl (C=O) groups is 1. The summed E-state index contributed by atoms with van der Waals surface area (Å²) >= 11 is 0. The van der Waals surface area contributed by atoms with Gasteiger partial charge in [-0.15, -0.1) is 0 Å². The molecule has 5 heteroatoms. The molecule has 2 aromatic rings. The minimum absolute atomic E-state index is 0.000669. The van der Waals surface area contributed by atoms with Crippen molar-refractivity contribution in [2.24, 2.45) is 0 Å². The second-order valence-corrected chi connectivity index (χ2v) is 6.62. The molecule has 1 atom stereocenters. The van der Waals surface area contributed by atoms with Crippen molar-refractivity contribution in [3.05, 3.63) is 59.7 Å². The monoisotopic (exact) mass is 337 g/mol. The van der Waals surface area contributed by atoms with E-state index in [4.69, 9.17) is 4.74 Å². The third-order valence-electron chi connectivity index (χ3n) is 5.00. The number of amides is 2. The molecule has 0 bridgehead atoms. The third-order valence-corrected chi connectivity index (χ3v) is 5.00. The van der Waals surface area contributed by atoms with Gasteiger partial charge in [-0.1, -0.05) is 36.4 Å². The van der Waals surface area contributed by atoms with Crippen LogP contribution >= 0.6 is 0 Å².